The van der Waals surface area contributed by atoms with Gasteiger partial charge in [-0.3, -0.25) is 14.0 Å². The molecule has 1 unspecified atom stereocenters. The molecule has 3 aromatic rings. The van der Waals surface area contributed by atoms with Crippen LogP contribution in [0, 0.1) is 6.92 Å². The molecule has 0 aliphatic carbocycles. The van der Waals surface area contributed by atoms with Crippen LogP contribution in [0.15, 0.2) is 29.1 Å². The van der Waals surface area contributed by atoms with Gasteiger partial charge in [-0.05, 0) is 57.4 Å². The minimum Gasteiger partial charge on any atom is -0.492 e. The van der Waals surface area contributed by atoms with Gasteiger partial charge in [-0.15, -0.1) is 0 Å². The number of aryl methyl sites for hydroxylation is 3. The largest absolute Gasteiger partial charge is 0.492 e. The van der Waals surface area contributed by atoms with Crippen molar-refractivity contribution in [1.29, 1.82) is 0 Å². The summed E-state index contributed by atoms with van der Waals surface area (Å²) in [4.78, 5) is 42.6. The number of ether oxygens (including phenoxy) is 3. The summed E-state index contributed by atoms with van der Waals surface area (Å²) in [6.45, 7) is 7.00. The predicted molar refractivity (Wildman–Crippen MR) is 155 cm³/mol. The molecule has 0 fully saturated rings. The molecular formula is C29H42N6O6. The van der Waals surface area contributed by atoms with E-state index in [9.17, 15) is 14.4 Å². The Morgan fingerprint density at radius 2 is 1.83 bits per heavy atom. The van der Waals surface area contributed by atoms with Crippen molar-refractivity contribution in [2.24, 2.45) is 18.5 Å². The molecule has 1 aromatic carbocycles. The topological polar surface area (TPSA) is 167 Å². The predicted octanol–water partition coefficient (Wildman–Crippen LogP) is 1.94. The summed E-state index contributed by atoms with van der Waals surface area (Å²) in [6, 6.07) is 6.29. The number of rotatable bonds is 16. The van der Waals surface area contributed by atoms with Crippen molar-refractivity contribution in [3.63, 3.8) is 0 Å². The SMILES string of the molecule is CCCc1nn(C)c2c(=O)n(CCOc3ccc(CC(OCC)C(=O)OC(=O)[C@@H](N)CCCCN)cc3)c(C)nc12. The molecular weight excluding hydrogens is 528 g/mol. The number of benzene rings is 1. The van der Waals surface area contributed by atoms with Gasteiger partial charge in [-0.1, -0.05) is 31.9 Å². The van der Waals surface area contributed by atoms with Crippen LogP contribution in [0.3, 0.4) is 0 Å². The van der Waals surface area contributed by atoms with Gasteiger partial charge in [0.1, 0.15) is 29.7 Å². The fourth-order valence-electron chi connectivity index (χ4n) is 4.56. The van der Waals surface area contributed by atoms with Gasteiger partial charge in [-0.25, -0.2) is 14.6 Å². The lowest BCUT2D eigenvalue weighted by Crippen LogP contribution is -2.38. The fraction of sp³-hybridized carbons (Fsp3) is 0.552. The van der Waals surface area contributed by atoms with E-state index in [0.29, 0.717) is 48.5 Å². The highest BCUT2D eigenvalue weighted by molar-refractivity contribution is 5.90. The number of nitrogens with zero attached hydrogens (tertiary/aromatic N) is 4. The van der Waals surface area contributed by atoms with Gasteiger partial charge in [-0.2, -0.15) is 5.10 Å². The van der Waals surface area contributed by atoms with E-state index in [0.717, 1.165) is 30.5 Å². The third-order valence-electron chi connectivity index (χ3n) is 6.72. The third-order valence-corrected chi connectivity index (χ3v) is 6.72. The van der Waals surface area contributed by atoms with Crippen molar-refractivity contribution >= 4 is 23.0 Å². The molecule has 12 nitrogen and oxygen atoms in total. The highest BCUT2D eigenvalue weighted by Crippen LogP contribution is 2.17. The van der Waals surface area contributed by atoms with Crippen LogP contribution in [0.2, 0.25) is 0 Å². The first-order chi connectivity index (χ1) is 19.7. The van der Waals surface area contributed by atoms with Crippen molar-refractivity contribution in [1.82, 2.24) is 19.3 Å². The number of nitrogens with two attached hydrogens (primary N) is 2. The van der Waals surface area contributed by atoms with Crippen molar-refractivity contribution < 1.29 is 23.8 Å². The summed E-state index contributed by atoms with van der Waals surface area (Å²) in [5, 5.41) is 4.48. The first-order valence-corrected chi connectivity index (χ1v) is 14.2. The number of hydrogen-bond donors (Lipinski definition) is 2. The second-order valence-corrected chi connectivity index (χ2v) is 9.90. The molecule has 0 aliphatic rings. The summed E-state index contributed by atoms with van der Waals surface area (Å²) in [6.07, 6.45) is 2.77. The quantitative estimate of drug-likeness (QED) is 0.148. The molecule has 0 saturated carbocycles. The first-order valence-electron chi connectivity index (χ1n) is 14.2. The maximum Gasteiger partial charge on any atom is 0.343 e. The lowest BCUT2D eigenvalue weighted by atomic mass is 10.1. The molecule has 2 heterocycles. The zero-order valence-corrected chi connectivity index (χ0v) is 24.4. The summed E-state index contributed by atoms with van der Waals surface area (Å²) in [5.41, 5.74) is 13.9. The molecule has 0 saturated heterocycles. The Bertz CT molecular complexity index is 1370. The van der Waals surface area contributed by atoms with Crippen LogP contribution in [0.25, 0.3) is 11.0 Å². The van der Waals surface area contributed by atoms with Crippen molar-refractivity contribution in [3.05, 3.63) is 51.7 Å². The molecule has 41 heavy (non-hydrogen) atoms. The number of hydrogen-bond acceptors (Lipinski definition) is 10. The van der Waals surface area contributed by atoms with Gasteiger partial charge in [0.2, 0.25) is 0 Å². The Balaban J connectivity index is 1.58. The van der Waals surface area contributed by atoms with Crippen LogP contribution < -0.4 is 21.8 Å². The maximum absolute atomic E-state index is 13.2. The Morgan fingerprint density at radius 1 is 1.10 bits per heavy atom. The van der Waals surface area contributed by atoms with E-state index in [4.69, 9.17) is 25.7 Å². The van der Waals surface area contributed by atoms with Gasteiger partial charge in [0, 0.05) is 20.1 Å². The van der Waals surface area contributed by atoms with E-state index in [1.807, 2.05) is 12.1 Å². The van der Waals surface area contributed by atoms with Gasteiger partial charge in [0.05, 0.1) is 12.2 Å². The summed E-state index contributed by atoms with van der Waals surface area (Å²) in [7, 11) is 1.76. The van der Waals surface area contributed by atoms with E-state index in [-0.39, 0.29) is 25.2 Å². The summed E-state index contributed by atoms with van der Waals surface area (Å²) in [5.74, 6) is -0.328. The summed E-state index contributed by atoms with van der Waals surface area (Å²) < 4.78 is 19.6. The van der Waals surface area contributed by atoms with Crippen LogP contribution in [0.5, 0.6) is 5.75 Å². The standard InChI is InChI=1S/C29H42N6O6/c1-5-9-23-25-26(34(4)33-23)27(36)35(19(3)32-25)16-17-40-21-13-11-20(12-14-21)18-24(39-6-2)29(38)41-28(37)22(31)10-7-8-15-30/h11-14,22,24H,5-10,15-18,30-31H2,1-4H3/t22-,24?/m0/s1. The molecule has 224 valence electrons. The van der Waals surface area contributed by atoms with Gasteiger partial charge in [0.25, 0.3) is 5.56 Å². The molecule has 0 aliphatic heterocycles. The van der Waals surface area contributed by atoms with Crippen LogP contribution in [-0.4, -0.2) is 63.2 Å². The van der Waals surface area contributed by atoms with Crippen molar-refractivity contribution in [2.75, 3.05) is 19.8 Å². The average molecular weight is 571 g/mol. The van der Waals surface area contributed by atoms with E-state index < -0.39 is 24.1 Å². The third kappa shape index (κ3) is 8.44. The zero-order valence-electron chi connectivity index (χ0n) is 24.4. The van der Waals surface area contributed by atoms with Gasteiger partial charge >= 0.3 is 11.9 Å². The second kappa shape index (κ2) is 15.4. The van der Waals surface area contributed by atoms with Crippen molar-refractivity contribution in [2.45, 2.75) is 78.0 Å². The Labute approximate surface area is 240 Å². The second-order valence-electron chi connectivity index (χ2n) is 9.90. The highest BCUT2D eigenvalue weighted by atomic mass is 16.6. The Hall–Kier alpha value is -3.61. The molecule has 0 bridgehead atoms. The van der Waals surface area contributed by atoms with Crippen LogP contribution in [0.4, 0.5) is 0 Å². The van der Waals surface area contributed by atoms with E-state index in [1.165, 1.54) is 0 Å². The molecule has 3 rings (SSSR count). The molecule has 12 heteroatoms. The van der Waals surface area contributed by atoms with E-state index >= 15 is 0 Å². The van der Waals surface area contributed by atoms with Crippen LogP contribution in [-0.2, 0) is 45.5 Å². The number of aromatic nitrogens is 4. The lowest BCUT2D eigenvalue weighted by Gasteiger charge is -2.17. The lowest BCUT2D eigenvalue weighted by molar-refractivity contribution is -0.169. The normalized spacial score (nSPS) is 12.8. The van der Waals surface area contributed by atoms with Gasteiger partial charge in [0.15, 0.2) is 11.6 Å². The van der Waals surface area contributed by atoms with E-state index in [1.54, 1.807) is 42.3 Å². The van der Waals surface area contributed by atoms with Crippen LogP contribution >= 0.6 is 0 Å². The number of carbonyl (C=O) groups is 2. The fourth-order valence-corrected chi connectivity index (χ4v) is 4.56. The first kappa shape index (κ1) is 31.9. The Morgan fingerprint density at radius 3 is 2.49 bits per heavy atom. The minimum absolute atomic E-state index is 0.146. The smallest absolute Gasteiger partial charge is 0.343 e. The highest BCUT2D eigenvalue weighted by Gasteiger charge is 2.26. The maximum atomic E-state index is 13.2. The molecule has 0 spiro atoms. The molecule has 4 N–H and O–H groups in total. The Kier molecular flexibility index (Phi) is 12.0. The summed E-state index contributed by atoms with van der Waals surface area (Å²) >= 11 is 0. The number of carbonyl (C=O) groups excluding carboxylic acids is 2. The average Bonchev–Trinajstić information content (AvgIpc) is 3.25. The monoisotopic (exact) mass is 570 g/mol. The molecule has 0 radical (unpaired) electrons. The number of esters is 2. The minimum atomic E-state index is -0.950. The van der Waals surface area contributed by atoms with Crippen molar-refractivity contribution in [3.8, 4) is 5.75 Å². The zero-order chi connectivity index (χ0) is 29.9. The van der Waals surface area contributed by atoms with E-state index in [2.05, 4.69) is 17.0 Å². The van der Waals surface area contributed by atoms with Crippen LogP contribution in [0.1, 0.15) is 56.6 Å². The number of unbranched alkanes of at least 4 members (excludes halogenated alkanes) is 1. The molecule has 0 amide bonds. The molecule has 2 atom stereocenters. The number of fused-ring (bicyclic) bond motifs is 1. The molecule has 2 aromatic heterocycles. The van der Waals surface area contributed by atoms with Gasteiger partial charge < -0.3 is 25.7 Å².